The van der Waals surface area contributed by atoms with Crippen LogP contribution in [0.15, 0.2) is 18.2 Å². The first-order chi connectivity index (χ1) is 11.4. The molecule has 132 valence electrons. The van der Waals surface area contributed by atoms with E-state index in [-0.39, 0.29) is 5.91 Å². The molecule has 1 aromatic carbocycles. The maximum atomic E-state index is 11.8. The molecule has 0 unspecified atom stereocenters. The quantitative estimate of drug-likeness (QED) is 0.926. The third-order valence-corrected chi connectivity index (χ3v) is 5.40. The molecule has 1 saturated heterocycles. The molecular weight excluding hydrogens is 300 g/mol. The van der Waals surface area contributed by atoms with Crippen LogP contribution in [0.5, 0.6) is 0 Å². The lowest BCUT2D eigenvalue weighted by Gasteiger charge is -2.39. The lowest BCUT2D eigenvalue weighted by molar-refractivity contribution is -0.116. The van der Waals surface area contributed by atoms with Crippen LogP contribution >= 0.6 is 0 Å². The van der Waals surface area contributed by atoms with Crippen molar-refractivity contribution >= 4 is 11.6 Å². The highest BCUT2D eigenvalue weighted by Gasteiger charge is 2.28. The second-order valence-electron chi connectivity index (χ2n) is 8.18. The van der Waals surface area contributed by atoms with Crippen LogP contribution in [-0.4, -0.2) is 42.1 Å². The van der Waals surface area contributed by atoms with Gasteiger partial charge in [-0.2, -0.15) is 0 Å². The number of likely N-dealkylation sites (tertiary alicyclic amines) is 1. The maximum Gasteiger partial charge on any atom is 0.223 e. The molecule has 0 aromatic heterocycles. The molecule has 2 aliphatic rings. The van der Waals surface area contributed by atoms with Crippen LogP contribution in [0.1, 0.15) is 57.3 Å². The molecule has 24 heavy (non-hydrogen) atoms. The van der Waals surface area contributed by atoms with Crippen LogP contribution in [0.25, 0.3) is 0 Å². The maximum absolute atomic E-state index is 11.8. The Bertz CT molecular complexity index is 612. The number of aliphatic hydroxyl groups is 1. The molecule has 0 spiro atoms. The highest BCUT2D eigenvalue weighted by molar-refractivity contribution is 5.92. The Balaban J connectivity index is 1.72. The smallest absolute Gasteiger partial charge is 0.223 e. The zero-order chi connectivity index (χ0) is 17.3. The third kappa shape index (κ3) is 3.81. The van der Waals surface area contributed by atoms with Crippen LogP contribution < -0.4 is 4.90 Å². The summed E-state index contributed by atoms with van der Waals surface area (Å²) in [5.74, 6) is 0.0970. The van der Waals surface area contributed by atoms with E-state index in [0.29, 0.717) is 12.0 Å². The first-order valence-electron chi connectivity index (χ1n) is 9.17. The summed E-state index contributed by atoms with van der Waals surface area (Å²) in [4.78, 5) is 16.0. The average Bonchev–Trinajstić information content (AvgIpc) is 2.52. The molecule has 0 radical (unpaired) electrons. The van der Waals surface area contributed by atoms with E-state index in [1.54, 1.807) is 6.92 Å². The molecule has 1 fully saturated rings. The standard InChI is InChI=1S/C20H30N2O2/c1-15(23)22-11-4-6-16-12-17(7-8-18(16)22)19(24)13-21-10-5-9-20(2,3)14-21/h7-8,12,19,24H,4-6,9-11,13-14H2,1-3H3/t19-/m1/s1. The van der Waals surface area contributed by atoms with Gasteiger partial charge < -0.3 is 10.0 Å². The summed E-state index contributed by atoms with van der Waals surface area (Å²) in [5, 5.41) is 10.7. The van der Waals surface area contributed by atoms with Gasteiger partial charge in [0, 0.05) is 32.2 Å². The number of fused-ring (bicyclic) bond motifs is 1. The zero-order valence-electron chi connectivity index (χ0n) is 15.2. The summed E-state index contributed by atoms with van der Waals surface area (Å²) in [6.45, 7) is 9.85. The van der Waals surface area contributed by atoms with E-state index in [0.717, 1.165) is 43.7 Å². The van der Waals surface area contributed by atoms with Crippen molar-refractivity contribution in [1.29, 1.82) is 0 Å². The monoisotopic (exact) mass is 330 g/mol. The number of piperidine rings is 1. The molecule has 0 bridgehead atoms. The fraction of sp³-hybridized carbons (Fsp3) is 0.650. The summed E-state index contributed by atoms with van der Waals surface area (Å²) < 4.78 is 0. The SMILES string of the molecule is CC(=O)N1CCCc2cc([C@H](O)CN3CCCC(C)(C)C3)ccc21. The van der Waals surface area contributed by atoms with E-state index >= 15 is 0 Å². The summed E-state index contributed by atoms with van der Waals surface area (Å²) >= 11 is 0. The number of hydrogen-bond acceptors (Lipinski definition) is 3. The van der Waals surface area contributed by atoms with Gasteiger partial charge in [-0.3, -0.25) is 9.69 Å². The Morgan fingerprint density at radius 3 is 2.79 bits per heavy atom. The molecule has 0 aliphatic carbocycles. The number of amides is 1. The predicted molar refractivity (Wildman–Crippen MR) is 97.2 cm³/mol. The topological polar surface area (TPSA) is 43.8 Å². The molecule has 3 rings (SSSR count). The lowest BCUT2D eigenvalue weighted by atomic mass is 9.84. The Kier molecular flexibility index (Phi) is 4.97. The van der Waals surface area contributed by atoms with Gasteiger partial charge in [-0.1, -0.05) is 26.0 Å². The second-order valence-corrected chi connectivity index (χ2v) is 8.18. The Labute approximate surface area is 145 Å². The van der Waals surface area contributed by atoms with Crippen molar-refractivity contribution in [2.24, 2.45) is 5.41 Å². The highest BCUT2D eigenvalue weighted by Crippen LogP contribution is 2.32. The van der Waals surface area contributed by atoms with E-state index in [9.17, 15) is 9.90 Å². The Morgan fingerprint density at radius 2 is 2.08 bits per heavy atom. The number of rotatable bonds is 3. The molecule has 2 heterocycles. The minimum atomic E-state index is -0.461. The number of nitrogens with zero attached hydrogens (tertiary/aromatic N) is 2. The van der Waals surface area contributed by atoms with Crippen LogP contribution in [0.4, 0.5) is 5.69 Å². The summed E-state index contributed by atoms with van der Waals surface area (Å²) in [6.07, 6.45) is 3.98. The van der Waals surface area contributed by atoms with Gasteiger partial charge in [0.05, 0.1) is 6.10 Å². The predicted octanol–water partition coefficient (Wildman–Crippen LogP) is 3.14. The number of carbonyl (C=O) groups excluding carboxylic acids is 1. The molecule has 1 amide bonds. The van der Waals surface area contributed by atoms with Gasteiger partial charge in [-0.05, 0) is 54.8 Å². The van der Waals surface area contributed by atoms with Crippen LogP contribution in [0, 0.1) is 5.41 Å². The molecule has 1 aromatic rings. The van der Waals surface area contributed by atoms with Gasteiger partial charge in [0.15, 0.2) is 0 Å². The van der Waals surface area contributed by atoms with Gasteiger partial charge in [0.2, 0.25) is 5.91 Å². The minimum absolute atomic E-state index is 0.0970. The first kappa shape index (κ1) is 17.4. The first-order valence-corrected chi connectivity index (χ1v) is 9.17. The number of anilines is 1. The van der Waals surface area contributed by atoms with Gasteiger partial charge in [0.1, 0.15) is 0 Å². The van der Waals surface area contributed by atoms with Gasteiger partial charge >= 0.3 is 0 Å². The lowest BCUT2D eigenvalue weighted by Crippen LogP contribution is -2.42. The fourth-order valence-electron chi connectivity index (χ4n) is 4.20. The summed E-state index contributed by atoms with van der Waals surface area (Å²) in [6, 6.07) is 6.10. The number of benzene rings is 1. The van der Waals surface area contributed by atoms with Crippen molar-refractivity contribution < 1.29 is 9.90 Å². The Morgan fingerprint density at radius 1 is 1.29 bits per heavy atom. The molecule has 1 atom stereocenters. The average molecular weight is 330 g/mol. The second kappa shape index (κ2) is 6.85. The van der Waals surface area contributed by atoms with Crippen molar-refractivity contribution in [3.05, 3.63) is 29.3 Å². The van der Waals surface area contributed by atoms with Crippen LogP contribution in [0.2, 0.25) is 0 Å². The molecule has 2 aliphatic heterocycles. The minimum Gasteiger partial charge on any atom is -0.387 e. The van der Waals surface area contributed by atoms with Crippen LogP contribution in [0.3, 0.4) is 0 Å². The van der Waals surface area contributed by atoms with E-state index in [1.165, 1.54) is 18.4 Å². The van der Waals surface area contributed by atoms with E-state index < -0.39 is 6.10 Å². The molecule has 0 saturated carbocycles. The normalized spacial score (nSPS) is 22.1. The fourth-order valence-corrected chi connectivity index (χ4v) is 4.20. The molecular formula is C20H30N2O2. The van der Waals surface area contributed by atoms with Crippen LogP contribution in [-0.2, 0) is 11.2 Å². The number of β-amino-alcohol motifs (C(OH)–C–C–N with tert-alkyl or cyclic N) is 1. The van der Waals surface area contributed by atoms with Crippen molar-refractivity contribution in [2.45, 2.75) is 52.6 Å². The van der Waals surface area contributed by atoms with E-state index in [2.05, 4.69) is 24.8 Å². The van der Waals surface area contributed by atoms with Gasteiger partial charge in [0.25, 0.3) is 0 Å². The third-order valence-electron chi connectivity index (χ3n) is 5.40. The van der Waals surface area contributed by atoms with E-state index in [4.69, 9.17) is 0 Å². The Hall–Kier alpha value is -1.39. The largest absolute Gasteiger partial charge is 0.387 e. The van der Waals surface area contributed by atoms with Crippen molar-refractivity contribution in [1.82, 2.24) is 4.90 Å². The van der Waals surface area contributed by atoms with E-state index in [1.807, 2.05) is 17.0 Å². The summed E-state index contributed by atoms with van der Waals surface area (Å²) in [7, 11) is 0. The zero-order valence-corrected chi connectivity index (χ0v) is 15.2. The van der Waals surface area contributed by atoms with Gasteiger partial charge in [-0.25, -0.2) is 0 Å². The number of hydrogen-bond donors (Lipinski definition) is 1. The highest BCUT2D eigenvalue weighted by atomic mass is 16.3. The number of aliphatic hydroxyl groups excluding tert-OH is 1. The number of carbonyl (C=O) groups is 1. The van der Waals surface area contributed by atoms with Crippen molar-refractivity contribution in [2.75, 3.05) is 31.1 Å². The molecule has 1 N–H and O–H groups in total. The van der Waals surface area contributed by atoms with Gasteiger partial charge in [-0.15, -0.1) is 0 Å². The number of aryl methyl sites for hydroxylation is 1. The molecule has 4 heteroatoms. The van der Waals surface area contributed by atoms with Crippen molar-refractivity contribution in [3.63, 3.8) is 0 Å². The summed E-state index contributed by atoms with van der Waals surface area (Å²) in [5.41, 5.74) is 3.52. The molecule has 4 nitrogen and oxygen atoms in total. The van der Waals surface area contributed by atoms with Crippen molar-refractivity contribution in [3.8, 4) is 0 Å².